The lowest BCUT2D eigenvalue weighted by Crippen LogP contribution is -2.22. The zero-order valence-electron chi connectivity index (χ0n) is 16.8. The van der Waals surface area contributed by atoms with Crippen LogP contribution in [0.5, 0.6) is 5.75 Å². The quantitative estimate of drug-likeness (QED) is 0.237. The minimum absolute atomic E-state index is 0.0217. The molecule has 0 spiro atoms. The van der Waals surface area contributed by atoms with Gasteiger partial charge in [0.05, 0.1) is 0 Å². The summed E-state index contributed by atoms with van der Waals surface area (Å²) in [5.41, 5.74) is 3.68. The first-order valence-corrected chi connectivity index (χ1v) is 10.2. The number of amides is 2. The molecule has 0 aliphatic rings. The minimum Gasteiger partial charge on any atom is -0.508 e. The first kappa shape index (κ1) is 23.4. The van der Waals surface area contributed by atoms with Crippen LogP contribution >= 0.6 is 15.9 Å². The average Bonchev–Trinajstić information content (AvgIpc) is 2.72. The van der Waals surface area contributed by atoms with E-state index in [1.165, 1.54) is 17.6 Å². The fraction of sp³-hybridized carbons (Fsp3) is 0.273. The fourth-order valence-corrected chi connectivity index (χ4v) is 3.26. The average molecular weight is 477 g/mol. The molecule has 4 N–H and O–H groups in total. The highest BCUT2D eigenvalue weighted by Gasteiger charge is 2.26. The molecule has 8 heteroatoms. The number of aryl methyl sites for hydroxylation is 1. The Morgan fingerprint density at radius 2 is 1.90 bits per heavy atom. The van der Waals surface area contributed by atoms with Gasteiger partial charge in [-0.2, -0.15) is 0 Å². The number of hydroxylamine groups is 1. The van der Waals surface area contributed by atoms with Crippen molar-refractivity contribution in [2.75, 3.05) is 5.32 Å². The highest BCUT2D eigenvalue weighted by atomic mass is 79.9. The van der Waals surface area contributed by atoms with Crippen LogP contribution in [0.25, 0.3) is 0 Å². The van der Waals surface area contributed by atoms with Gasteiger partial charge < -0.3 is 9.84 Å². The number of ether oxygens (including phenoxy) is 1. The van der Waals surface area contributed by atoms with Crippen LogP contribution in [-0.2, 0) is 9.53 Å². The van der Waals surface area contributed by atoms with E-state index in [0.717, 1.165) is 10.0 Å². The Balaban J connectivity index is 2.15. The van der Waals surface area contributed by atoms with Gasteiger partial charge in [0.15, 0.2) is 0 Å². The van der Waals surface area contributed by atoms with E-state index in [0.29, 0.717) is 24.1 Å². The second-order valence-electron chi connectivity index (χ2n) is 6.95. The number of phenols is 1. The smallest absolute Gasteiger partial charge is 0.412 e. The molecule has 0 aromatic heterocycles. The number of aromatic hydroxyl groups is 1. The van der Waals surface area contributed by atoms with Gasteiger partial charge in [-0.3, -0.25) is 15.3 Å². The monoisotopic (exact) mass is 476 g/mol. The number of halogens is 1. The highest BCUT2D eigenvalue weighted by Crippen LogP contribution is 2.36. The maximum absolute atomic E-state index is 12.5. The lowest BCUT2D eigenvalue weighted by Gasteiger charge is -2.25. The topological polar surface area (TPSA) is 108 Å². The Morgan fingerprint density at radius 1 is 1.20 bits per heavy atom. The number of allylic oxidation sites excluding steroid dienone is 1. The zero-order chi connectivity index (χ0) is 22.1. The molecule has 2 aromatic rings. The van der Waals surface area contributed by atoms with Crippen LogP contribution in [0, 0.1) is 12.8 Å². The van der Waals surface area contributed by atoms with E-state index in [-0.39, 0.29) is 11.7 Å². The van der Waals surface area contributed by atoms with Gasteiger partial charge in [-0.15, -0.1) is 0 Å². The Bertz CT molecular complexity index is 899. The summed E-state index contributed by atoms with van der Waals surface area (Å²) >= 11 is 3.38. The second kappa shape index (κ2) is 11.4. The molecule has 30 heavy (non-hydrogen) atoms. The summed E-state index contributed by atoms with van der Waals surface area (Å²) < 4.78 is 6.44. The first-order chi connectivity index (χ1) is 14.3. The molecule has 0 radical (unpaired) electrons. The van der Waals surface area contributed by atoms with Crippen LogP contribution < -0.4 is 10.8 Å². The van der Waals surface area contributed by atoms with Gasteiger partial charge in [0.2, 0.25) is 0 Å². The van der Waals surface area contributed by atoms with E-state index < -0.39 is 18.1 Å². The molecule has 2 amide bonds. The van der Waals surface area contributed by atoms with Crippen molar-refractivity contribution < 1.29 is 24.6 Å². The number of nitrogens with one attached hydrogen (secondary N) is 2. The van der Waals surface area contributed by atoms with Gasteiger partial charge in [-0.25, -0.2) is 10.3 Å². The van der Waals surface area contributed by atoms with Gasteiger partial charge in [-0.1, -0.05) is 46.6 Å². The van der Waals surface area contributed by atoms with Crippen LogP contribution in [0.3, 0.4) is 0 Å². The highest BCUT2D eigenvalue weighted by molar-refractivity contribution is 9.10. The summed E-state index contributed by atoms with van der Waals surface area (Å²) in [6.45, 7) is 3.85. The molecular formula is C22H25BrN2O5. The predicted octanol–water partition coefficient (Wildman–Crippen LogP) is 5.23. The van der Waals surface area contributed by atoms with E-state index in [1.807, 2.05) is 26.0 Å². The molecule has 160 valence electrons. The van der Waals surface area contributed by atoms with Crippen molar-refractivity contribution in [1.29, 1.82) is 0 Å². The van der Waals surface area contributed by atoms with E-state index in [4.69, 9.17) is 9.94 Å². The first-order valence-electron chi connectivity index (χ1n) is 9.43. The van der Waals surface area contributed by atoms with Gasteiger partial charge in [0, 0.05) is 21.8 Å². The van der Waals surface area contributed by atoms with Crippen molar-refractivity contribution in [3.8, 4) is 5.75 Å². The lowest BCUT2D eigenvalue weighted by atomic mass is 9.92. The molecule has 0 bridgehead atoms. The van der Waals surface area contributed by atoms with Crippen molar-refractivity contribution in [3.05, 3.63) is 70.2 Å². The van der Waals surface area contributed by atoms with Crippen LogP contribution in [0.2, 0.25) is 0 Å². The summed E-state index contributed by atoms with van der Waals surface area (Å²) in [5.74, 6) is -0.762. The van der Waals surface area contributed by atoms with Crippen molar-refractivity contribution in [1.82, 2.24) is 5.48 Å². The third-order valence-corrected chi connectivity index (χ3v) is 5.01. The Hall–Kier alpha value is -2.84. The third-order valence-electron chi connectivity index (χ3n) is 4.51. The number of hydrogen-bond donors (Lipinski definition) is 4. The summed E-state index contributed by atoms with van der Waals surface area (Å²) in [7, 11) is 0. The van der Waals surface area contributed by atoms with Gasteiger partial charge in [0.25, 0.3) is 5.91 Å². The van der Waals surface area contributed by atoms with Crippen molar-refractivity contribution in [2.24, 2.45) is 5.92 Å². The number of benzene rings is 2. The molecule has 0 unspecified atom stereocenters. The molecule has 0 saturated heterocycles. The summed E-state index contributed by atoms with van der Waals surface area (Å²) in [6.07, 6.45) is 2.58. The zero-order valence-corrected chi connectivity index (χ0v) is 18.3. The van der Waals surface area contributed by atoms with Crippen molar-refractivity contribution in [3.63, 3.8) is 0 Å². The van der Waals surface area contributed by atoms with Gasteiger partial charge >= 0.3 is 6.09 Å². The Morgan fingerprint density at radius 3 is 2.57 bits per heavy atom. The molecule has 0 heterocycles. The number of hydrogen-bond acceptors (Lipinski definition) is 5. The Labute approximate surface area is 183 Å². The molecule has 7 nitrogen and oxygen atoms in total. The van der Waals surface area contributed by atoms with E-state index >= 15 is 0 Å². The van der Waals surface area contributed by atoms with Crippen LogP contribution in [0.15, 0.2) is 59.1 Å². The fourth-order valence-electron chi connectivity index (χ4n) is 2.88. The normalized spacial score (nSPS) is 12.9. The van der Waals surface area contributed by atoms with Crippen LogP contribution in [0.4, 0.5) is 10.5 Å². The van der Waals surface area contributed by atoms with E-state index in [9.17, 15) is 14.7 Å². The van der Waals surface area contributed by atoms with Crippen LogP contribution in [0.1, 0.15) is 37.0 Å². The van der Waals surface area contributed by atoms with Gasteiger partial charge in [0.1, 0.15) is 11.9 Å². The molecule has 2 aromatic carbocycles. The molecular weight excluding hydrogens is 452 g/mol. The maximum atomic E-state index is 12.5. The predicted molar refractivity (Wildman–Crippen MR) is 117 cm³/mol. The third kappa shape index (κ3) is 7.20. The number of carbonyl (C=O) groups excluding carboxylic acids is 2. The molecule has 2 rings (SSSR count). The largest absolute Gasteiger partial charge is 0.508 e. The lowest BCUT2D eigenvalue weighted by molar-refractivity contribution is -0.124. The van der Waals surface area contributed by atoms with Crippen molar-refractivity contribution in [2.45, 2.75) is 32.8 Å². The summed E-state index contributed by atoms with van der Waals surface area (Å²) in [6, 6.07) is 12.3. The number of phenolic OH excluding ortho intramolecular Hbond substituents is 1. The van der Waals surface area contributed by atoms with Gasteiger partial charge in [-0.05, 0) is 56.0 Å². The SMILES string of the molecule is Cc1ccc(NC(=O)O[C@H](c2cc(Br)ccc2O)[C@H](C)CC/C=C/C(=O)NO)cc1. The summed E-state index contributed by atoms with van der Waals surface area (Å²) in [5, 5.41) is 21.6. The second-order valence-corrected chi connectivity index (χ2v) is 7.87. The standard InChI is InChI=1S/C22H25BrN2O5/c1-14-7-10-17(11-8-14)24-22(28)30-21(18-13-16(23)9-12-19(18)26)15(2)5-3-4-6-20(27)25-29/h4,6-13,15,21,26,29H,3,5H2,1-2H3,(H,24,28)(H,25,27)/b6-4+/t15-,21+/m1/s1. The molecule has 0 aliphatic heterocycles. The maximum Gasteiger partial charge on any atom is 0.412 e. The molecule has 0 fully saturated rings. The number of rotatable bonds is 8. The molecule has 0 saturated carbocycles. The van der Waals surface area contributed by atoms with E-state index in [2.05, 4.69) is 21.2 Å². The summed E-state index contributed by atoms with van der Waals surface area (Å²) in [4.78, 5) is 23.6. The number of carbonyl (C=O) groups is 2. The van der Waals surface area contributed by atoms with Crippen LogP contribution in [-0.4, -0.2) is 22.3 Å². The molecule has 0 aliphatic carbocycles. The Kier molecular flexibility index (Phi) is 8.89. The van der Waals surface area contributed by atoms with E-state index in [1.54, 1.807) is 30.3 Å². The minimum atomic E-state index is -0.715. The van der Waals surface area contributed by atoms with Crippen molar-refractivity contribution >= 4 is 33.6 Å². The number of anilines is 1. The molecule has 2 atom stereocenters.